The Morgan fingerprint density at radius 2 is 1.85 bits per heavy atom. The van der Waals surface area contributed by atoms with Crippen molar-refractivity contribution in [3.63, 3.8) is 0 Å². The van der Waals surface area contributed by atoms with Crippen LogP contribution in [0.2, 0.25) is 5.02 Å². The number of carbonyl (C=O) groups is 2. The Morgan fingerprint density at radius 3 is 2.44 bits per heavy atom. The van der Waals surface area contributed by atoms with Gasteiger partial charge in [-0.25, -0.2) is 13.2 Å². The summed E-state index contributed by atoms with van der Waals surface area (Å²) in [6, 6.07) is 7.16. The van der Waals surface area contributed by atoms with Crippen LogP contribution < -0.4 is 5.32 Å². The molecule has 1 heterocycles. The van der Waals surface area contributed by atoms with E-state index in [1.54, 1.807) is 32.9 Å². The third-order valence-electron chi connectivity index (χ3n) is 5.97. The van der Waals surface area contributed by atoms with Crippen molar-refractivity contribution in [1.29, 1.82) is 5.26 Å². The van der Waals surface area contributed by atoms with E-state index in [-0.39, 0.29) is 22.9 Å². The van der Waals surface area contributed by atoms with Crippen LogP contribution >= 0.6 is 11.6 Å². The van der Waals surface area contributed by atoms with Crippen molar-refractivity contribution in [3.8, 4) is 6.07 Å². The summed E-state index contributed by atoms with van der Waals surface area (Å²) in [6.45, 7) is 4.73. The summed E-state index contributed by atoms with van der Waals surface area (Å²) in [5.74, 6) is -0.566. The molecule has 1 aliphatic heterocycles. The monoisotopic (exact) mass is 511 g/mol. The van der Waals surface area contributed by atoms with Gasteiger partial charge in [-0.2, -0.15) is 5.26 Å². The van der Waals surface area contributed by atoms with Gasteiger partial charge in [0, 0.05) is 0 Å². The number of hydrogen-bond acceptors (Lipinski definition) is 8. The topological polar surface area (TPSA) is 126 Å². The Balaban J connectivity index is 1.86. The Hall–Kier alpha value is -2.35. The van der Waals surface area contributed by atoms with Gasteiger partial charge in [0.05, 0.1) is 27.8 Å². The average molecular weight is 512 g/mol. The number of nitriles is 1. The first-order valence-electron chi connectivity index (χ1n) is 11.3. The van der Waals surface area contributed by atoms with E-state index in [1.807, 2.05) is 0 Å². The molecule has 1 aromatic carbocycles. The zero-order chi connectivity index (χ0) is 25.1. The maximum Gasteiger partial charge on any atom is 0.528 e. The molecule has 1 saturated heterocycles. The number of hydrogen-bond donors (Lipinski definition) is 1. The van der Waals surface area contributed by atoms with Gasteiger partial charge in [0.15, 0.2) is 9.84 Å². The smallest absolute Gasteiger partial charge is 0.427 e. The van der Waals surface area contributed by atoms with E-state index < -0.39 is 44.3 Å². The van der Waals surface area contributed by atoms with E-state index in [2.05, 4.69) is 11.4 Å². The molecule has 0 unspecified atom stereocenters. The van der Waals surface area contributed by atoms with Crippen LogP contribution in [0.1, 0.15) is 59.3 Å². The first kappa shape index (κ1) is 26.3. The van der Waals surface area contributed by atoms with Crippen molar-refractivity contribution >= 4 is 33.5 Å². The summed E-state index contributed by atoms with van der Waals surface area (Å²) in [5.41, 5.74) is -1.86. The Labute approximate surface area is 205 Å². The number of rotatable bonds is 5. The molecule has 11 heteroatoms. The van der Waals surface area contributed by atoms with Gasteiger partial charge in [0.25, 0.3) is 0 Å². The van der Waals surface area contributed by atoms with Crippen LogP contribution in [0.15, 0.2) is 29.2 Å². The summed E-state index contributed by atoms with van der Waals surface area (Å²) >= 11 is 6.13. The highest BCUT2D eigenvalue weighted by molar-refractivity contribution is 7.92. The molecule has 2 fully saturated rings. The normalized spacial score (nSPS) is 23.0. The largest absolute Gasteiger partial charge is 0.528 e. The number of halogens is 1. The zero-order valence-corrected chi connectivity index (χ0v) is 21.1. The van der Waals surface area contributed by atoms with E-state index in [9.17, 15) is 23.3 Å². The van der Waals surface area contributed by atoms with Crippen molar-refractivity contribution < 1.29 is 27.6 Å². The second kappa shape index (κ2) is 10.1. The molecule has 2 aliphatic rings. The number of benzene rings is 1. The molecule has 9 nitrogen and oxygen atoms in total. The molecule has 1 amide bonds. The molecular weight excluding hydrogens is 482 g/mol. The Morgan fingerprint density at radius 1 is 1.21 bits per heavy atom. The van der Waals surface area contributed by atoms with Gasteiger partial charge in [-0.1, -0.05) is 43.0 Å². The highest BCUT2D eigenvalue weighted by Crippen LogP contribution is 2.33. The average Bonchev–Trinajstić information content (AvgIpc) is 3.18. The summed E-state index contributed by atoms with van der Waals surface area (Å²) < 4.78 is 31.8. The highest BCUT2D eigenvalue weighted by Gasteiger charge is 2.48. The molecule has 1 aromatic rings. The molecule has 1 N–H and O–H groups in total. The van der Waals surface area contributed by atoms with Gasteiger partial charge in [-0.05, 0) is 52.2 Å². The van der Waals surface area contributed by atoms with Crippen molar-refractivity contribution in [2.24, 2.45) is 0 Å². The maximum atomic E-state index is 13.3. The third kappa shape index (κ3) is 6.01. The standard InChI is InChI=1S/C23H30ClN3O6S/c1-22(2,3)32-21(29)33-27-14-16(34(30,31)19-10-6-5-9-17(19)24)13-18(27)20(28)26-23(15-25)11-7-4-8-12-23/h5-6,9-10,16,18H,4,7-8,11-14H2,1-3H3,(H,26,28)/t16-,18+/m1/s1. The van der Waals surface area contributed by atoms with Crippen LogP contribution in [0.5, 0.6) is 0 Å². The van der Waals surface area contributed by atoms with Crippen LogP contribution in [0.4, 0.5) is 4.79 Å². The minimum atomic E-state index is -3.94. The molecule has 0 spiro atoms. The molecule has 186 valence electrons. The van der Waals surface area contributed by atoms with Gasteiger partial charge in [0.2, 0.25) is 5.91 Å². The fourth-order valence-electron chi connectivity index (χ4n) is 4.29. The van der Waals surface area contributed by atoms with E-state index in [0.29, 0.717) is 12.8 Å². The zero-order valence-electron chi connectivity index (χ0n) is 19.5. The quantitative estimate of drug-likeness (QED) is 0.592. The van der Waals surface area contributed by atoms with Crippen molar-refractivity contribution in [2.75, 3.05) is 6.54 Å². The van der Waals surface area contributed by atoms with Crippen molar-refractivity contribution in [2.45, 2.75) is 86.6 Å². The molecule has 3 rings (SSSR count). The lowest BCUT2D eigenvalue weighted by molar-refractivity contribution is -0.163. The van der Waals surface area contributed by atoms with E-state index in [4.69, 9.17) is 21.2 Å². The lowest BCUT2D eigenvalue weighted by atomic mass is 9.82. The third-order valence-corrected chi connectivity index (χ3v) is 8.60. The van der Waals surface area contributed by atoms with Gasteiger partial charge < -0.3 is 14.9 Å². The second-order valence-corrected chi connectivity index (χ2v) is 12.4. The van der Waals surface area contributed by atoms with E-state index >= 15 is 0 Å². The number of amides is 1. The van der Waals surface area contributed by atoms with Crippen LogP contribution in [0.3, 0.4) is 0 Å². The fraction of sp³-hybridized carbons (Fsp3) is 0.609. The molecular formula is C23H30ClN3O6S. The van der Waals surface area contributed by atoms with Gasteiger partial charge in [-0.3, -0.25) is 4.79 Å². The Bertz CT molecular complexity index is 1070. The summed E-state index contributed by atoms with van der Waals surface area (Å²) in [6.07, 6.45) is 2.43. The predicted molar refractivity (Wildman–Crippen MR) is 124 cm³/mol. The minimum absolute atomic E-state index is 0.0549. The Kier molecular flexibility index (Phi) is 7.80. The van der Waals surface area contributed by atoms with E-state index in [0.717, 1.165) is 24.3 Å². The molecule has 0 aromatic heterocycles. The number of sulfone groups is 1. The van der Waals surface area contributed by atoms with Crippen molar-refractivity contribution in [3.05, 3.63) is 29.3 Å². The summed E-state index contributed by atoms with van der Waals surface area (Å²) in [5, 5.41) is 12.6. The maximum absolute atomic E-state index is 13.3. The van der Waals surface area contributed by atoms with Crippen LogP contribution in [-0.2, 0) is 24.2 Å². The van der Waals surface area contributed by atoms with E-state index in [1.165, 1.54) is 12.1 Å². The number of carbonyl (C=O) groups excluding carboxylic acids is 2. The number of nitrogens with zero attached hydrogens (tertiary/aromatic N) is 2. The molecule has 0 bridgehead atoms. The number of ether oxygens (including phenoxy) is 1. The van der Waals surface area contributed by atoms with Crippen molar-refractivity contribution in [1.82, 2.24) is 10.4 Å². The van der Waals surface area contributed by atoms with Crippen LogP contribution in [-0.4, -0.2) is 54.5 Å². The van der Waals surface area contributed by atoms with Gasteiger partial charge >= 0.3 is 6.16 Å². The summed E-state index contributed by atoms with van der Waals surface area (Å²) in [4.78, 5) is 30.9. The molecule has 0 radical (unpaired) electrons. The van der Waals surface area contributed by atoms with Crippen LogP contribution in [0, 0.1) is 11.3 Å². The number of hydroxylamine groups is 2. The fourth-order valence-corrected chi connectivity index (χ4v) is 6.50. The highest BCUT2D eigenvalue weighted by atomic mass is 35.5. The second-order valence-electron chi connectivity index (χ2n) is 9.75. The first-order chi connectivity index (χ1) is 15.9. The predicted octanol–water partition coefficient (Wildman–Crippen LogP) is 3.77. The summed E-state index contributed by atoms with van der Waals surface area (Å²) in [7, 11) is -3.94. The van der Waals surface area contributed by atoms with Crippen LogP contribution in [0.25, 0.3) is 0 Å². The lowest BCUT2D eigenvalue weighted by Gasteiger charge is -2.33. The lowest BCUT2D eigenvalue weighted by Crippen LogP contribution is -2.54. The minimum Gasteiger partial charge on any atom is -0.427 e. The number of nitrogens with one attached hydrogen (secondary N) is 1. The molecule has 1 saturated carbocycles. The van der Waals surface area contributed by atoms with Gasteiger partial charge in [0.1, 0.15) is 17.2 Å². The molecule has 34 heavy (non-hydrogen) atoms. The molecule has 2 atom stereocenters. The van der Waals surface area contributed by atoms with Gasteiger partial charge in [-0.15, -0.1) is 5.06 Å². The molecule has 1 aliphatic carbocycles. The first-order valence-corrected chi connectivity index (χ1v) is 13.2. The SMILES string of the molecule is CC(C)(C)OC(=O)ON1C[C@H](S(=O)(=O)c2ccccc2Cl)C[C@H]1C(=O)NC1(C#N)CCCCC1.